The van der Waals surface area contributed by atoms with E-state index in [0.29, 0.717) is 16.7 Å². The molecule has 2 aromatic carbocycles. The van der Waals surface area contributed by atoms with Crippen LogP contribution >= 0.6 is 23.2 Å². The number of carbonyl (C=O) groups is 1. The van der Waals surface area contributed by atoms with Crippen molar-refractivity contribution in [3.05, 3.63) is 69.7 Å². The molecule has 1 fully saturated rings. The normalized spacial score (nSPS) is 18.0. The Bertz CT molecular complexity index is 640. The topological polar surface area (TPSA) is 29.5 Å². The minimum atomic E-state index is -0.308. The van der Waals surface area contributed by atoms with Crippen molar-refractivity contribution in [1.29, 1.82) is 0 Å². The van der Waals surface area contributed by atoms with E-state index >= 15 is 0 Å². The van der Waals surface area contributed by atoms with Gasteiger partial charge in [0.15, 0.2) is 0 Å². The Kier molecular flexibility index (Phi) is 4.15. The van der Waals surface area contributed by atoms with Gasteiger partial charge in [-0.05, 0) is 17.7 Å². The van der Waals surface area contributed by atoms with Crippen molar-refractivity contribution >= 4 is 29.1 Å². The van der Waals surface area contributed by atoms with Gasteiger partial charge in [-0.15, -0.1) is 0 Å². The molecule has 108 valence electrons. The summed E-state index contributed by atoms with van der Waals surface area (Å²) in [5, 5.41) is 2.03. The smallest absolute Gasteiger partial charge is 0.270 e. The van der Waals surface area contributed by atoms with Crippen LogP contribution in [0, 0.1) is 0 Å². The first kappa shape index (κ1) is 14.4. The maximum absolute atomic E-state index is 12.7. The van der Waals surface area contributed by atoms with Gasteiger partial charge < -0.3 is 0 Å². The Morgan fingerprint density at radius 1 is 1.05 bits per heavy atom. The SMILES string of the molecule is O=C(c1c(Cl)cccc1Cl)N1OCCC1c1ccccc1. The molecule has 5 heteroatoms. The molecule has 1 atom stereocenters. The summed E-state index contributed by atoms with van der Waals surface area (Å²) in [4.78, 5) is 18.2. The lowest BCUT2D eigenvalue weighted by Gasteiger charge is -2.23. The van der Waals surface area contributed by atoms with Gasteiger partial charge in [-0.1, -0.05) is 59.6 Å². The van der Waals surface area contributed by atoms with Crippen LogP contribution in [0.25, 0.3) is 0 Å². The Morgan fingerprint density at radius 3 is 2.38 bits per heavy atom. The first-order chi connectivity index (χ1) is 10.2. The van der Waals surface area contributed by atoms with Gasteiger partial charge >= 0.3 is 0 Å². The molecule has 0 radical (unpaired) electrons. The maximum Gasteiger partial charge on any atom is 0.281 e. The molecule has 0 saturated carbocycles. The van der Waals surface area contributed by atoms with Crippen LogP contribution in [0.4, 0.5) is 0 Å². The average molecular weight is 322 g/mol. The molecule has 1 heterocycles. The number of hydroxylamine groups is 2. The average Bonchev–Trinajstić information content (AvgIpc) is 2.97. The van der Waals surface area contributed by atoms with Crippen LogP contribution < -0.4 is 0 Å². The van der Waals surface area contributed by atoms with E-state index in [2.05, 4.69) is 0 Å². The molecule has 3 rings (SSSR count). The summed E-state index contributed by atoms with van der Waals surface area (Å²) in [6, 6.07) is 14.7. The Labute approximate surface area is 133 Å². The lowest BCUT2D eigenvalue weighted by Crippen LogP contribution is -2.30. The summed E-state index contributed by atoms with van der Waals surface area (Å²) < 4.78 is 0. The molecule has 3 nitrogen and oxygen atoms in total. The van der Waals surface area contributed by atoms with Crippen molar-refractivity contribution in [3.63, 3.8) is 0 Å². The monoisotopic (exact) mass is 321 g/mol. The van der Waals surface area contributed by atoms with E-state index in [9.17, 15) is 4.79 Å². The Hall–Kier alpha value is -1.55. The second-order valence-electron chi connectivity index (χ2n) is 4.78. The van der Waals surface area contributed by atoms with Crippen LogP contribution in [0.3, 0.4) is 0 Å². The van der Waals surface area contributed by atoms with Crippen molar-refractivity contribution < 1.29 is 9.63 Å². The maximum atomic E-state index is 12.7. The highest BCUT2D eigenvalue weighted by Crippen LogP contribution is 2.34. The van der Waals surface area contributed by atoms with Crippen LogP contribution in [0.2, 0.25) is 10.0 Å². The zero-order valence-electron chi connectivity index (χ0n) is 11.1. The van der Waals surface area contributed by atoms with E-state index < -0.39 is 0 Å². The molecule has 0 spiro atoms. The lowest BCUT2D eigenvalue weighted by atomic mass is 10.0. The van der Waals surface area contributed by atoms with Gasteiger partial charge in [0.25, 0.3) is 5.91 Å². The number of carbonyl (C=O) groups excluding carboxylic acids is 1. The molecule has 1 amide bonds. The number of amides is 1. The number of nitrogens with zero attached hydrogens (tertiary/aromatic N) is 1. The zero-order valence-corrected chi connectivity index (χ0v) is 12.6. The molecular formula is C16H13Cl2NO2. The molecule has 0 bridgehead atoms. The summed E-state index contributed by atoms with van der Waals surface area (Å²) in [5.41, 5.74) is 1.31. The van der Waals surface area contributed by atoms with Crippen LogP contribution in [0.1, 0.15) is 28.4 Å². The first-order valence-electron chi connectivity index (χ1n) is 6.64. The highest BCUT2D eigenvalue weighted by molar-refractivity contribution is 6.39. The second kappa shape index (κ2) is 6.06. The van der Waals surface area contributed by atoms with E-state index in [1.165, 1.54) is 5.06 Å². The Balaban J connectivity index is 1.94. The van der Waals surface area contributed by atoms with Crippen molar-refractivity contribution in [2.45, 2.75) is 12.5 Å². The number of hydrogen-bond acceptors (Lipinski definition) is 2. The van der Waals surface area contributed by atoms with Gasteiger partial charge in [0.05, 0.1) is 28.3 Å². The second-order valence-corrected chi connectivity index (χ2v) is 5.59. The predicted molar refractivity (Wildman–Crippen MR) is 82.4 cm³/mol. The van der Waals surface area contributed by atoms with Gasteiger partial charge in [0.1, 0.15) is 0 Å². The van der Waals surface area contributed by atoms with Crippen molar-refractivity contribution in [1.82, 2.24) is 5.06 Å². The van der Waals surface area contributed by atoms with E-state index in [1.807, 2.05) is 30.3 Å². The van der Waals surface area contributed by atoms with Gasteiger partial charge in [-0.3, -0.25) is 9.63 Å². The molecule has 0 aliphatic carbocycles. The van der Waals surface area contributed by atoms with E-state index in [-0.39, 0.29) is 17.5 Å². The van der Waals surface area contributed by atoms with E-state index in [4.69, 9.17) is 28.0 Å². The quantitative estimate of drug-likeness (QED) is 0.814. The molecule has 1 unspecified atom stereocenters. The zero-order chi connectivity index (χ0) is 14.8. The summed E-state index contributed by atoms with van der Waals surface area (Å²) in [5.74, 6) is -0.308. The van der Waals surface area contributed by atoms with Crippen LogP contribution in [-0.2, 0) is 4.84 Å². The molecule has 0 aromatic heterocycles. The number of benzene rings is 2. The summed E-state index contributed by atoms with van der Waals surface area (Å²) >= 11 is 12.2. The largest absolute Gasteiger partial charge is 0.281 e. The van der Waals surface area contributed by atoms with Crippen LogP contribution in [0.5, 0.6) is 0 Å². The van der Waals surface area contributed by atoms with Crippen LogP contribution in [0.15, 0.2) is 48.5 Å². The van der Waals surface area contributed by atoms with Gasteiger partial charge in [-0.25, -0.2) is 5.06 Å². The van der Waals surface area contributed by atoms with E-state index in [1.54, 1.807) is 18.2 Å². The van der Waals surface area contributed by atoms with Gasteiger partial charge in [0.2, 0.25) is 0 Å². The van der Waals surface area contributed by atoms with Crippen molar-refractivity contribution in [2.75, 3.05) is 6.61 Å². The third kappa shape index (κ3) is 2.77. The minimum absolute atomic E-state index is 0.119. The Morgan fingerprint density at radius 2 is 1.71 bits per heavy atom. The summed E-state index contributed by atoms with van der Waals surface area (Å²) in [6.07, 6.45) is 0.748. The predicted octanol–water partition coefficient (Wildman–Crippen LogP) is 4.51. The van der Waals surface area contributed by atoms with Crippen molar-refractivity contribution in [2.24, 2.45) is 0 Å². The molecule has 0 N–H and O–H groups in total. The highest BCUT2D eigenvalue weighted by atomic mass is 35.5. The van der Waals surface area contributed by atoms with Gasteiger partial charge in [0, 0.05) is 6.42 Å². The summed E-state index contributed by atoms with van der Waals surface area (Å²) in [6.45, 7) is 0.493. The summed E-state index contributed by atoms with van der Waals surface area (Å²) in [7, 11) is 0. The lowest BCUT2D eigenvalue weighted by molar-refractivity contribution is -0.0964. The van der Waals surface area contributed by atoms with E-state index in [0.717, 1.165) is 12.0 Å². The number of halogens is 2. The standard InChI is InChI=1S/C16H13Cl2NO2/c17-12-7-4-8-13(18)15(12)16(20)19-14(9-10-21-19)11-5-2-1-3-6-11/h1-8,14H,9-10H2. The molecule has 1 saturated heterocycles. The third-order valence-corrected chi connectivity index (χ3v) is 4.10. The third-order valence-electron chi connectivity index (χ3n) is 3.47. The molecule has 2 aromatic rings. The first-order valence-corrected chi connectivity index (χ1v) is 7.39. The van der Waals surface area contributed by atoms with Crippen molar-refractivity contribution in [3.8, 4) is 0 Å². The molecule has 1 aliphatic rings. The fourth-order valence-corrected chi connectivity index (χ4v) is 3.02. The van der Waals surface area contributed by atoms with Gasteiger partial charge in [-0.2, -0.15) is 0 Å². The van der Waals surface area contributed by atoms with Crippen LogP contribution in [-0.4, -0.2) is 17.6 Å². The fourth-order valence-electron chi connectivity index (χ4n) is 2.46. The fraction of sp³-hybridized carbons (Fsp3) is 0.188. The molecule has 21 heavy (non-hydrogen) atoms. The molecular weight excluding hydrogens is 309 g/mol. The number of rotatable bonds is 2. The molecule has 1 aliphatic heterocycles. The number of hydrogen-bond donors (Lipinski definition) is 0. The highest BCUT2D eigenvalue weighted by Gasteiger charge is 2.34. The minimum Gasteiger partial charge on any atom is -0.270 e.